The third-order valence-corrected chi connectivity index (χ3v) is 2.46. The molecular weight excluding hydrogens is 194 g/mol. The van der Waals surface area contributed by atoms with Crippen LogP contribution in [0, 0.1) is 0 Å². The maximum atomic E-state index is 10.4. The van der Waals surface area contributed by atoms with Crippen molar-refractivity contribution in [1.29, 1.82) is 0 Å². The first-order valence-corrected chi connectivity index (χ1v) is 5.02. The number of hydrogen-bond donors (Lipinski definition) is 0. The summed E-state index contributed by atoms with van der Waals surface area (Å²) in [6.45, 7) is 2.98. The number of rotatable bonds is 5. The summed E-state index contributed by atoms with van der Waals surface area (Å²) >= 11 is 0. The fourth-order valence-electron chi connectivity index (χ4n) is 1.54. The second-order valence-corrected chi connectivity index (χ2v) is 3.50. The Balaban J connectivity index is 2.21. The van der Waals surface area contributed by atoms with Gasteiger partial charge in [-0.2, -0.15) is 0 Å². The molecule has 0 amide bonds. The molecule has 1 saturated carbocycles. The highest BCUT2D eigenvalue weighted by atomic mass is 16.5. The van der Waals surface area contributed by atoms with Gasteiger partial charge in [-0.15, -0.1) is 0 Å². The number of carbonyl (C=O) groups is 1. The maximum absolute atomic E-state index is 10.4. The molecule has 1 aromatic heterocycles. The molecule has 0 bridgehead atoms. The van der Waals surface area contributed by atoms with Gasteiger partial charge in [0.1, 0.15) is 0 Å². The zero-order chi connectivity index (χ0) is 10.7. The quantitative estimate of drug-likeness (QED) is 0.689. The van der Waals surface area contributed by atoms with Gasteiger partial charge in [-0.1, -0.05) is 6.07 Å². The summed E-state index contributed by atoms with van der Waals surface area (Å²) in [5.41, 5.74) is 0.301. The summed E-state index contributed by atoms with van der Waals surface area (Å²) < 4.78 is 10.4. The summed E-state index contributed by atoms with van der Waals surface area (Å²) in [5.74, 6) is 0.579. The van der Waals surface area contributed by atoms with Crippen LogP contribution in [0.15, 0.2) is 18.2 Å². The minimum atomic E-state index is -0.477. The van der Waals surface area contributed by atoms with Crippen LogP contribution in [0.1, 0.15) is 25.5 Å². The molecule has 1 aliphatic rings. The number of pyridine rings is 1. The van der Waals surface area contributed by atoms with Gasteiger partial charge in [0.15, 0.2) is 5.60 Å². The van der Waals surface area contributed by atoms with Gasteiger partial charge in [-0.3, -0.25) is 4.79 Å². The highest BCUT2D eigenvalue weighted by molar-refractivity contribution is 5.41. The minimum Gasteiger partial charge on any atom is -0.478 e. The number of hydrogen-bond acceptors (Lipinski definition) is 4. The number of aromatic nitrogens is 1. The molecule has 0 aliphatic heterocycles. The Labute approximate surface area is 88.2 Å². The van der Waals surface area contributed by atoms with E-state index in [0.29, 0.717) is 19.0 Å². The highest BCUT2D eigenvalue weighted by Gasteiger charge is 2.48. The van der Waals surface area contributed by atoms with E-state index in [1.807, 2.05) is 19.1 Å². The summed E-state index contributed by atoms with van der Waals surface area (Å²) in [4.78, 5) is 14.7. The molecule has 1 heterocycles. The Morgan fingerprint density at radius 3 is 2.93 bits per heavy atom. The van der Waals surface area contributed by atoms with E-state index in [0.717, 1.165) is 18.5 Å². The van der Waals surface area contributed by atoms with Crippen molar-refractivity contribution < 1.29 is 14.3 Å². The van der Waals surface area contributed by atoms with Gasteiger partial charge < -0.3 is 9.47 Å². The van der Waals surface area contributed by atoms with Crippen LogP contribution in [0.5, 0.6) is 5.88 Å². The molecular formula is C11H13NO3. The van der Waals surface area contributed by atoms with Crippen molar-refractivity contribution in [2.45, 2.75) is 25.4 Å². The fourth-order valence-corrected chi connectivity index (χ4v) is 1.54. The van der Waals surface area contributed by atoms with Crippen LogP contribution in [-0.2, 0) is 15.1 Å². The van der Waals surface area contributed by atoms with Gasteiger partial charge in [-0.05, 0) is 25.8 Å². The van der Waals surface area contributed by atoms with Crippen molar-refractivity contribution in [3.63, 3.8) is 0 Å². The fraction of sp³-hybridized carbons (Fsp3) is 0.455. The van der Waals surface area contributed by atoms with Crippen LogP contribution >= 0.6 is 0 Å². The van der Waals surface area contributed by atoms with Crippen molar-refractivity contribution in [3.05, 3.63) is 23.9 Å². The smallest absolute Gasteiger partial charge is 0.294 e. The Bertz CT molecular complexity index is 361. The highest BCUT2D eigenvalue weighted by Crippen LogP contribution is 2.48. The first-order valence-electron chi connectivity index (χ1n) is 5.02. The van der Waals surface area contributed by atoms with E-state index in [-0.39, 0.29) is 0 Å². The second kappa shape index (κ2) is 3.88. The monoisotopic (exact) mass is 207 g/mol. The summed E-state index contributed by atoms with van der Waals surface area (Å²) in [6, 6.07) is 5.52. The van der Waals surface area contributed by atoms with Gasteiger partial charge in [-0.25, -0.2) is 4.98 Å². The molecule has 0 aromatic carbocycles. The largest absolute Gasteiger partial charge is 0.478 e. The van der Waals surface area contributed by atoms with E-state index in [1.165, 1.54) is 0 Å². The van der Waals surface area contributed by atoms with Crippen molar-refractivity contribution in [2.75, 3.05) is 6.61 Å². The van der Waals surface area contributed by atoms with Crippen molar-refractivity contribution >= 4 is 6.47 Å². The van der Waals surface area contributed by atoms with E-state index in [4.69, 9.17) is 9.47 Å². The lowest BCUT2D eigenvalue weighted by molar-refractivity contribution is -0.136. The van der Waals surface area contributed by atoms with Gasteiger partial charge in [0.05, 0.1) is 12.3 Å². The van der Waals surface area contributed by atoms with Crippen LogP contribution in [0.4, 0.5) is 0 Å². The van der Waals surface area contributed by atoms with Crippen LogP contribution in [0.3, 0.4) is 0 Å². The normalized spacial score (nSPS) is 16.9. The topological polar surface area (TPSA) is 48.4 Å². The number of carbonyl (C=O) groups excluding carboxylic acids is 1. The lowest BCUT2D eigenvalue weighted by atomic mass is 10.2. The molecule has 0 saturated heterocycles. The van der Waals surface area contributed by atoms with Crippen molar-refractivity contribution in [3.8, 4) is 5.88 Å². The molecule has 4 nitrogen and oxygen atoms in total. The summed E-state index contributed by atoms with van der Waals surface area (Å²) in [7, 11) is 0. The van der Waals surface area contributed by atoms with Gasteiger partial charge in [0, 0.05) is 6.07 Å². The average Bonchev–Trinajstić information content (AvgIpc) is 3.01. The van der Waals surface area contributed by atoms with Crippen molar-refractivity contribution in [2.24, 2.45) is 0 Å². The Morgan fingerprint density at radius 2 is 2.33 bits per heavy atom. The van der Waals surface area contributed by atoms with E-state index in [9.17, 15) is 4.79 Å². The molecule has 0 atom stereocenters. The summed E-state index contributed by atoms with van der Waals surface area (Å²) in [5, 5.41) is 0. The van der Waals surface area contributed by atoms with Gasteiger partial charge >= 0.3 is 0 Å². The summed E-state index contributed by atoms with van der Waals surface area (Å²) in [6.07, 6.45) is 1.68. The SMILES string of the molecule is CCOc1cccc(C2(OC=O)CC2)n1. The Morgan fingerprint density at radius 1 is 1.53 bits per heavy atom. The predicted molar refractivity (Wildman–Crippen MR) is 53.5 cm³/mol. The van der Waals surface area contributed by atoms with E-state index in [1.54, 1.807) is 6.07 Å². The van der Waals surface area contributed by atoms with Gasteiger partial charge in [0.25, 0.3) is 6.47 Å². The van der Waals surface area contributed by atoms with Crippen LogP contribution in [0.25, 0.3) is 0 Å². The number of ether oxygens (including phenoxy) is 2. The third-order valence-electron chi connectivity index (χ3n) is 2.46. The number of nitrogens with zero attached hydrogens (tertiary/aromatic N) is 1. The second-order valence-electron chi connectivity index (χ2n) is 3.50. The molecule has 1 aliphatic carbocycles. The standard InChI is InChI=1S/C11H13NO3/c1-2-14-10-5-3-4-9(12-10)11(6-7-11)15-8-13/h3-5,8H,2,6-7H2,1H3. The van der Waals surface area contributed by atoms with Crippen LogP contribution in [-0.4, -0.2) is 18.1 Å². The molecule has 0 unspecified atom stereocenters. The lowest BCUT2D eigenvalue weighted by Crippen LogP contribution is -2.13. The first kappa shape index (κ1) is 9.96. The molecule has 1 aromatic rings. The van der Waals surface area contributed by atoms with Crippen LogP contribution < -0.4 is 4.74 Å². The molecule has 1 fully saturated rings. The third kappa shape index (κ3) is 1.93. The van der Waals surface area contributed by atoms with E-state index >= 15 is 0 Å². The zero-order valence-corrected chi connectivity index (χ0v) is 8.60. The molecule has 0 radical (unpaired) electrons. The van der Waals surface area contributed by atoms with Gasteiger partial charge in [0.2, 0.25) is 5.88 Å². The average molecular weight is 207 g/mol. The molecule has 0 spiro atoms. The predicted octanol–water partition coefficient (Wildman–Crippen LogP) is 1.64. The minimum absolute atomic E-state index is 0.477. The van der Waals surface area contributed by atoms with Crippen molar-refractivity contribution in [1.82, 2.24) is 4.98 Å². The Kier molecular flexibility index (Phi) is 2.58. The van der Waals surface area contributed by atoms with E-state index in [2.05, 4.69) is 4.98 Å². The molecule has 4 heteroatoms. The zero-order valence-electron chi connectivity index (χ0n) is 8.60. The van der Waals surface area contributed by atoms with Crippen LogP contribution in [0.2, 0.25) is 0 Å². The molecule has 15 heavy (non-hydrogen) atoms. The maximum Gasteiger partial charge on any atom is 0.294 e. The van der Waals surface area contributed by atoms with E-state index < -0.39 is 5.60 Å². The molecule has 80 valence electrons. The molecule has 0 N–H and O–H groups in total. The lowest BCUT2D eigenvalue weighted by Gasteiger charge is -2.13. The molecule has 2 rings (SSSR count). The first-order chi connectivity index (χ1) is 7.30. The Hall–Kier alpha value is -1.58.